The van der Waals surface area contributed by atoms with E-state index in [9.17, 15) is 4.79 Å². The number of carbonyl (C=O) groups is 1. The highest BCUT2D eigenvalue weighted by Crippen LogP contribution is 2.10. The fraction of sp³-hybridized carbons (Fsp3) is 0.545. The minimum atomic E-state index is -0.896. The quantitative estimate of drug-likeness (QED) is 0.789. The molecule has 0 aromatic carbocycles. The molecule has 1 heterocycles. The van der Waals surface area contributed by atoms with Crippen molar-refractivity contribution in [2.45, 2.75) is 19.5 Å². The summed E-state index contributed by atoms with van der Waals surface area (Å²) in [6, 6.07) is 3.04. The Labute approximate surface area is 94.6 Å². The Bertz CT molecular complexity index is 348. The third-order valence-corrected chi connectivity index (χ3v) is 2.34. The monoisotopic (exact) mass is 227 g/mol. The van der Waals surface area contributed by atoms with Gasteiger partial charge >= 0.3 is 5.97 Å². The van der Waals surface area contributed by atoms with E-state index in [0.29, 0.717) is 6.54 Å². The van der Waals surface area contributed by atoms with Crippen LogP contribution in [-0.2, 0) is 16.1 Å². The van der Waals surface area contributed by atoms with Crippen LogP contribution in [0.15, 0.2) is 16.5 Å². The van der Waals surface area contributed by atoms with Crippen molar-refractivity contribution in [3.8, 4) is 0 Å². The standard InChI is InChI=1S/C11H17NO4/c1-8-4-5-9(16-8)6-12(2)10(7-15-3)11(13)14/h4-5,10H,6-7H2,1-3H3,(H,13,14). The van der Waals surface area contributed by atoms with Gasteiger partial charge in [-0.2, -0.15) is 0 Å². The third kappa shape index (κ3) is 3.36. The van der Waals surface area contributed by atoms with E-state index in [0.717, 1.165) is 11.5 Å². The first-order valence-electron chi connectivity index (χ1n) is 5.02. The Balaban J connectivity index is 2.61. The van der Waals surface area contributed by atoms with Crippen molar-refractivity contribution < 1.29 is 19.1 Å². The Morgan fingerprint density at radius 2 is 2.31 bits per heavy atom. The minimum absolute atomic E-state index is 0.158. The van der Waals surface area contributed by atoms with Gasteiger partial charge in [-0.25, -0.2) is 0 Å². The summed E-state index contributed by atoms with van der Waals surface area (Å²) in [5, 5.41) is 9.01. The van der Waals surface area contributed by atoms with Crippen LogP contribution in [0.4, 0.5) is 0 Å². The molecule has 1 atom stereocenters. The highest BCUT2D eigenvalue weighted by atomic mass is 16.5. The van der Waals surface area contributed by atoms with Crippen LogP contribution in [0.25, 0.3) is 0 Å². The molecule has 1 aromatic heterocycles. The molecule has 0 saturated carbocycles. The fourth-order valence-corrected chi connectivity index (χ4v) is 1.47. The summed E-state index contributed by atoms with van der Waals surface area (Å²) in [5.74, 6) is 0.678. The first kappa shape index (κ1) is 12.7. The van der Waals surface area contributed by atoms with Gasteiger partial charge in [0.2, 0.25) is 0 Å². The van der Waals surface area contributed by atoms with Crippen LogP contribution in [0.3, 0.4) is 0 Å². The summed E-state index contributed by atoms with van der Waals surface area (Å²) in [7, 11) is 3.22. The maximum atomic E-state index is 11.0. The van der Waals surface area contributed by atoms with Crippen LogP contribution in [0.1, 0.15) is 11.5 Å². The van der Waals surface area contributed by atoms with Gasteiger partial charge in [0.05, 0.1) is 13.2 Å². The van der Waals surface area contributed by atoms with Crippen molar-refractivity contribution in [3.05, 3.63) is 23.7 Å². The number of carboxylic acids is 1. The zero-order chi connectivity index (χ0) is 12.1. The lowest BCUT2D eigenvalue weighted by atomic mass is 10.2. The van der Waals surface area contributed by atoms with Crippen molar-refractivity contribution >= 4 is 5.97 Å². The molecule has 0 amide bonds. The number of nitrogens with zero attached hydrogens (tertiary/aromatic N) is 1. The number of likely N-dealkylation sites (N-methyl/N-ethyl adjacent to an activating group) is 1. The smallest absolute Gasteiger partial charge is 0.323 e. The Kier molecular flexibility index (Phi) is 4.52. The lowest BCUT2D eigenvalue weighted by Crippen LogP contribution is -2.41. The molecule has 1 unspecified atom stereocenters. The van der Waals surface area contributed by atoms with E-state index in [4.69, 9.17) is 14.3 Å². The van der Waals surface area contributed by atoms with E-state index < -0.39 is 12.0 Å². The van der Waals surface area contributed by atoms with Gasteiger partial charge in [-0.1, -0.05) is 0 Å². The van der Waals surface area contributed by atoms with Gasteiger partial charge in [-0.05, 0) is 26.1 Å². The summed E-state index contributed by atoms with van der Waals surface area (Å²) in [6.45, 7) is 2.47. The number of aryl methyl sites for hydroxylation is 1. The van der Waals surface area contributed by atoms with Crippen LogP contribution in [0.2, 0.25) is 0 Å². The van der Waals surface area contributed by atoms with E-state index in [1.54, 1.807) is 11.9 Å². The van der Waals surface area contributed by atoms with Crippen LogP contribution in [0.5, 0.6) is 0 Å². The van der Waals surface area contributed by atoms with Crippen molar-refractivity contribution in [2.75, 3.05) is 20.8 Å². The average Bonchev–Trinajstić information content (AvgIpc) is 2.59. The molecule has 0 spiro atoms. The molecule has 1 aromatic rings. The van der Waals surface area contributed by atoms with Gasteiger partial charge in [0.15, 0.2) is 0 Å². The van der Waals surface area contributed by atoms with Crippen molar-refractivity contribution in [3.63, 3.8) is 0 Å². The number of rotatable bonds is 6. The largest absolute Gasteiger partial charge is 0.480 e. The van der Waals surface area contributed by atoms with Crippen LogP contribution >= 0.6 is 0 Å². The number of hydrogen-bond acceptors (Lipinski definition) is 4. The zero-order valence-corrected chi connectivity index (χ0v) is 9.77. The number of aliphatic carboxylic acids is 1. The number of furan rings is 1. The number of carboxylic acid groups (broad SMARTS) is 1. The molecule has 0 radical (unpaired) electrons. The van der Waals surface area contributed by atoms with Gasteiger partial charge < -0.3 is 14.3 Å². The fourth-order valence-electron chi connectivity index (χ4n) is 1.47. The van der Waals surface area contributed by atoms with Crippen LogP contribution < -0.4 is 0 Å². The summed E-state index contributed by atoms with van der Waals surface area (Å²) in [6.07, 6.45) is 0. The van der Waals surface area contributed by atoms with E-state index in [1.807, 2.05) is 19.1 Å². The van der Waals surface area contributed by atoms with Gasteiger partial charge in [0.1, 0.15) is 17.6 Å². The number of ether oxygens (including phenoxy) is 1. The van der Waals surface area contributed by atoms with Gasteiger partial charge in [-0.3, -0.25) is 9.69 Å². The van der Waals surface area contributed by atoms with Crippen molar-refractivity contribution in [2.24, 2.45) is 0 Å². The highest BCUT2D eigenvalue weighted by Gasteiger charge is 2.23. The van der Waals surface area contributed by atoms with Gasteiger partial charge in [-0.15, -0.1) is 0 Å². The molecular formula is C11H17NO4. The molecule has 0 aliphatic carbocycles. The molecule has 0 aliphatic rings. The van der Waals surface area contributed by atoms with Crippen molar-refractivity contribution in [1.29, 1.82) is 0 Å². The summed E-state index contributed by atoms with van der Waals surface area (Å²) in [4.78, 5) is 12.7. The number of methoxy groups -OCH3 is 1. The molecule has 1 rings (SSSR count). The van der Waals surface area contributed by atoms with E-state index in [1.165, 1.54) is 7.11 Å². The third-order valence-electron chi connectivity index (χ3n) is 2.34. The predicted octanol–water partition coefficient (Wildman–Crippen LogP) is 1.12. The van der Waals surface area contributed by atoms with E-state index >= 15 is 0 Å². The molecule has 0 aliphatic heterocycles. The zero-order valence-electron chi connectivity index (χ0n) is 9.77. The predicted molar refractivity (Wildman–Crippen MR) is 58.2 cm³/mol. The Morgan fingerprint density at radius 1 is 1.62 bits per heavy atom. The second-order valence-corrected chi connectivity index (χ2v) is 3.74. The molecule has 0 fully saturated rings. The SMILES string of the molecule is COCC(C(=O)O)N(C)Cc1ccc(C)o1. The van der Waals surface area contributed by atoms with E-state index in [-0.39, 0.29) is 6.61 Å². The lowest BCUT2D eigenvalue weighted by Gasteiger charge is -2.22. The molecule has 5 nitrogen and oxygen atoms in total. The normalized spacial score (nSPS) is 13.0. The molecular weight excluding hydrogens is 210 g/mol. The van der Waals surface area contributed by atoms with Gasteiger partial charge in [0, 0.05) is 7.11 Å². The van der Waals surface area contributed by atoms with Crippen LogP contribution in [-0.4, -0.2) is 42.8 Å². The maximum absolute atomic E-state index is 11.0. The van der Waals surface area contributed by atoms with E-state index in [2.05, 4.69) is 0 Å². The summed E-state index contributed by atoms with van der Waals surface area (Å²) >= 11 is 0. The Morgan fingerprint density at radius 3 is 2.75 bits per heavy atom. The molecule has 0 saturated heterocycles. The highest BCUT2D eigenvalue weighted by molar-refractivity contribution is 5.73. The molecule has 5 heteroatoms. The Hall–Kier alpha value is -1.33. The first-order chi connectivity index (χ1) is 7.54. The molecule has 1 N–H and O–H groups in total. The minimum Gasteiger partial charge on any atom is -0.480 e. The molecule has 16 heavy (non-hydrogen) atoms. The summed E-state index contributed by atoms with van der Waals surface area (Å²) in [5.41, 5.74) is 0. The number of hydrogen-bond donors (Lipinski definition) is 1. The second kappa shape index (κ2) is 5.67. The van der Waals surface area contributed by atoms with Gasteiger partial charge in [0.25, 0.3) is 0 Å². The molecule has 90 valence electrons. The average molecular weight is 227 g/mol. The summed E-state index contributed by atoms with van der Waals surface area (Å²) < 4.78 is 10.3. The van der Waals surface area contributed by atoms with Crippen molar-refractivity contribution in [1.82, 2.24) is 4.90 Å². The van der Waals surface area contributed by atoms with Crippen LogP contribution in [0, 0.1) is 6.92 Å². The maximum Gasteiger partial charge on any atom is 0.323 e. The lowest BCUT2D eigenvalue weighted by molar-refractivity contribution is -0.145. The first-order valence-corrected chi connectivity index (χ1v) is 5.02. The topological polar surface area (TPSA) is 62.9 Å². The molecule has 0 bridgehead atoms. The second-order valence-electron chi connectivity index (χ2n) is 3.74.